The van der Waals surface area contributed by atoms with Gasteiger partial charge >= 0.3 is 0 Å². The summed E-state index contributed by atoms with van der Waals surface area (Å²) in [4.78, 5) is 29.6. The third-order valence-corrected chi connectivity index (χ3v) is 42.5. The molecule has 0 amide bonds. The number of pyridine rings is 2. The summed E-state index contributed by atoms with van der Waals surface area (Å²) in [7, 11) is -12.5. The summed E-state index contributed by atoms with van der Waals surface area (Å²) in [5.41, 5.74) is 20.2. The van der Waals surface area contributed by atoms with E-state index < -0.39 is 29.5 Å². The van der Waals surface area contributed by atoms with Gasteiger partial charge in [0.25, 0.3) is 0 Å². The van der Waals surface area contributed by atoms with Crippen LogP contribution in [0, 0.1) is 0 Å². The van der Waals surface area contributed by atoms with Crippen LogP contribution < -0.4 is 68.5 Å². The summed E-state index contributed by atoms with van der Waals surface area (Å²) in [6.07, 6.45) is 4.14. The van der Waals surface area contributed by atoms with Crippen LogP contribution in [-0.2, 0) is 33.0 Å². The van der Waals surface area contributed by atoms with E-state index in [1.165, 1.54) is 25.4 Å². The largest absolute Gasteiger partial charge is 0.308 e. The summed E-state index contributed by atoms with van der Waals surface area (Å²) in [5, 5.41) is 16.1. The van der Waals surface area contributed by atoms with Crippen molar-refractivity contribution in [1.82, 2.24) is 43.6 Å². The quantitative estimate of drug-likeness (QED) is 0.0424. The fourth-order valence-electron chi connectivity index (χ4n) is 21.0. The molecule has 0 fully saturated rings. The lowest BCUT2D eigenvalue weighted by molar-refractivity contribution is 0.591. The molecule has 0 spiro atoms. The number of nitrogens with zero attached hydrogens (tertiary/aromatic N) is 9. The fraction of sp³-hybridized carbons (Fsp3) is 0.0508. The average Bonchev–Trinajstić information content (AvgIpc) is 1.47. The van der Waals surface area contributed by atoms with Crippen LogP contribution in [0.25, 0.3) is 137 Å². The summed E-state index contributed by atoms with van der Waals surface area (Å²) in [6, 6.07) is 147. The van der Waals surface area contributed by atoms with E-state index in [4.69, 9.17) is 24.9 Å². The molecule has 0 saturated heterocycles. The van der Waals surface area contributed by atoms with E-state index in [9.17, 15) is 0 Å². The Hall–Kier alpha value is -15.2. The van der Waals surface area contributed by atoms with Crippen LogP contribution in [0.3, 0.4) is 0 Å². The van der Waals surface area contributed by atoms with Crippen molar-refractivity contribution in [3.05, 3.63) is 448 Å². The molecule has 0 aliphatic carbocycles. The van der Waals surface area contributed by atoms with Crippen molar-refractivity contribution in [2.45, 2.75) is 40.0 Å². The minimum absolute atomic E-state index is 0.770. The van der Waals surface area contributed by atoms with Gasteiger partial charge in [-0.1, -0.05) is 367 Å². The molecule has 3 atom stereocenters. The van der Waals surface area contributed by atoms with Gasteiger partial charge < -0.3 is 13.7 Å². The van der Waals surface area contributed by atoms with E-state index in [2.05, 4.69) is 306 Å². The second-order valence-electron chi connectivity index (χ2n) is 34.4. The maximum Gasteiger partial charge on any atom is 0.179 e. The summed E-state index contributed by atoms with van der Waals surface area (Å²) in [6.45, 7) is 6.39. The first-order chi connectivity index (χ1) is 66.5. The predicted octanol–water partition coefficient (Wildman–Crippen LogP) is 22.0. The predicted molar refractivity (Wildman–Crippen MR) is 565 cm³/mol. The van der Waals surface area contributed by atoms with Gasteiger partial charge in [-0.05, 0) is 133 Å². The normalized spacial score (nSPS) is 15.5. The van der Waals surface area contributed by atoms with Gasteiger partial charge in [-0.3, -0.25) is 18.7 Å². The number of aryl methyl sites for hydroxylation is 3. The zero-order valence-electron chi connectivity index (χ0n) is 74.1. The van der Waals surface area contributed by atoms with Crippen LogP contribution in [0.5, 0.6) is 0 Å². The molecule has 26 rings (SSSR count). The zero-order chi connectivity index (χ0) is 90.7. The van der Waals surface area contributed by atoms with Crippen LogP contribution >= 0.6 is 32.8 Å². The average molecular weight is 1830 g/mol. The Labute approximate surface area is 786 Å². The Balaban J connectivity index is 0.000000112. The topological polar surface area (TPSA) is 143 Å². The Morgan fingerprint density at radius 2 is 0.607 bits per heavy atom. The van der Waals surface area contributed by atoms with Gasteiger partial charge in [-0.2, -0.15) is 0 Å². The second-order valence-corrected chi connectivity index (χ2v) is 47.2. The van der Waals surface area contributed by atoms with Crippen LogP contribution in [0.2, 0.25) is 0 Å². The molecule has 135 heavy (non-hydrogen) atoms. The van der Waals surface area contributed by atoms with Gasteiger partial charge in [-0.25, -0.2) is 24.9 Å². The van der Waals surface area contributed by atoms with E-state index >= 15 is 13.7 Å². The number of thiazole rings is 1. The minimum Gasteiger partial charge on any atom is -0.308 e. The first-order valence-corrected chi connectivity index (χ1v) is 53.8. The molecule has 12 nitrogen and oxygen atoms in total. The number of para-hydroxylation sites is 4. The Morgan fingerprint density at radius 1 is 0.274 bits per heavy atom. The molecule has 0 bridgehead atoms. The van der Waals surface area contributed by atoms with Gasteiger partial charge in [0.1, 0.15) is 22.5 Å². The van der Waals surface area contributed by atoms with E-state index in [-0.39, 0.29) is 0 Å². The number of hydrogen-bond acceptors (Lipinski definition) is 10. The van der Waals surface area contributed by atoms with Crippen molar-refractivity contribution in [3.8, 4) is 72.3 Å². The Kier molecular flexibility index (Phi) is 20.6. The highest BCUT2D eigenvalue weighted by atomic mass is 32.1. The molecule has 646 valence electrons. The maximum absolute atomic E-state index is 16.1. The Bertz CT molecular complexity index is 8650. The molecule has 0 saturated carbocycles. The number of aromatic nitrogens is 9. The maximum atomic E-state index is 16.1. The molecule has 3 aliphatic heterocycles. The van der Waals surface area contributed by atoms with E-state index in [0.717, 1.165) is 217 Å². The number of benzene rings is 17. The van der Waals surface area contributed by atoms with Gasteiger partial charge in [0.05, 0.1) is 93.0 Å². The van der Waals surface area contributed by atoms with Crippen molar-refractivity contribution in [1.29, 1.82) is 0 Å². The van der Waals surface area contributed by atoms with E-state index in [0.29, 0.717) is 0 Å². The van der Waals surface area contributed by atoms with Crippen LogP contribution in [0.4, 0.5) is 0 Å². The minimum atomic E-state index is -3.30. The van der Waals surface area contributed by atoms with Crippen LogP contribution in [0.15, 0.2) is 431 Å². The van der Waals surface area contributed by atoms with Gasteiger partial charge in [0, 0.05) is 79.2 Å². The van der Waals surface area contributed by atoms with Gasteiger partial charge in [0.15, 0.2) is 29.5 Å². The molecule has 3 aliphatic rings. The lowest BCUT2D eigenvalue weighted by atomic mass is 10.0. The molecule has 3 unspecified atom stereocenters. The number of imidazole rings is 3. The summed E-state index contributed by atoms with van der Waals surface area (Å²) >= 11 is 1.70. The van der Waals surface area contributed by atoms with E-state index in [1.54, 1.807) is 11.3 Å². The zero-order valence-corrected chi connectivity index (χ0v) is 78.6. The van der Waals surface area contributed by atoms with Crippen molar-refractivity contribution >= 4 is 174 Å². The number of rotatable bonds is 15. The van der Waals surface area contributed by atoms with Crippen LogP contribution in [-0.4, -0.2) is 51.7 Å². The molecule has 0 radical (unpaired) electrons. The monoisotopic (exact) mass is 1830 g/mol. The lowest BCUT2D eigenvalue weighted by Gasteiger charge is -2.34. The Morgan fingerprint density at radius 3 is 1.01 bits per heavy atom. The molecular formula is C118H86N9O3P3SSi. The fourth-order valence-corrected chi connectivity index (χ4v) is 36.4. The van der Waals surface area contributed by atoms with Crippen molar-refractivity contribution < 1.29 is 13.7 Å². The van der Waals surface area contributed by atoms with Crippen molar-refractivity contribution in [2.75, 3.05) is 0 Å². The van der Waals surface area contributed by atoms with Crippen molar-refractivity contribution in [3.63, 3.8) is 0 Å². The van der Waals surface area contributed by atoms with E-state index in [1.807, 2.05) is 164 Å². The first kappa shape index (κ1) is 82.9. The number of fused-ring (bicyclic) bond motifs is 10. The highest BCUT2D eigenvalue weighted by Gasteiger charge is 2.47. The van der Waals surface area contributed by atoms with Gasteiger partial charge in [-0.15, -0.1) is 11.3 Å². The van der Waals surface area contributed by atoms with Crippen molar-refractivity contribution in [2.24, 2.45) is 0 Å². The third kappa shape index (κ3) is 13.2. The molecule has 0 N–H and O–H groups in total. The van der Waals surface area contributed by atoms with Gasteiger partial charge in [0.2, 0.25) is 0 Å². The molecule has 23 aromatic rings. The highest BCUT2D eigenvalue weighted by Crippen LogP contribution is 2.56. The summed E-state index contributed by atoms with van der Waals surface area (Å²) in [5.74, 6) is 2.92. The molecule has 6 aromatic heterocycles. The third-order valence-electron chi connectivity index (χ3n) is 27.1. The standard InChI is InChI=1S/C45H35N2OPSi.C39H27N4OP.C34H24N3OPS/c1-2-43-46-40-32-31-39(45-44(40)47(43)41-25-15-16-26-42(41)49(45,48)34-17-7-3-8-18-34)33-27-29-38(30-28-33)50(35-19-9-4-10-20-35,36-21-11-5-12-22-36)37-23-13-6-14-24-37;1-2-35-41-32-23-21-30(39-38(32)43(35)33-12-6-7-13-34(33)45(39,44)29-10-4-3-5-11-29)25-14-16-26(17-15-25)31-22-20-28-19-18-27-9-8-24-40-36(27)37(28)42-31;1-2-31-35-27-21-20-25(22-16-18-23(19-17-22)34-36-26-12-6-9-15-30(26)40-34)33-32(27)37(31)28-13-7-8-14-29(28)39(33,38)24-10-4-3-5-11-24/h3-32H,2H2,1H3;3-24H,2H2,1H3;3-21H,2H2,1H3. The van der Waals surface area contributed by atoms with Crippen LogP contribution in [0.1, 0.15) is 38.2 Å². The highest BCUT2D eigenvalue weighted by molar-refractivity contribution is 7.87. The smallest absolute Gasteiger partial charge is 0.179 e. The second kappa shape index (κ2) is 33.5. The molecule has 17 heteroatoms. The SMILES string of the molecule is CCc1nc2ccc(-c3ccc(-c4ccc5ccc6cccnc6c5n4)cc3)c3c2n1-c1ccccc1P3(=O)c1ccccc1.CCc1nc2ccc(-c3ccc(-c4nc5ccccc5s4)cc3)c3c2n1-c1ccccc1P3(=O)c1ccccc1.CCc1nc2ccc(-c3ccc([Si](c4ccccc4)(c4ccccc4)c4ccccc4)cc3)c3c2n1-c1ccccc1P3(=O)c1ccccc1. The molecule has 17 aromatic carbocycles. The molecular weight excluding hydrogens is 1740 g/mol. The lowest BCUT2D eigenvalue weighted by Crippen LogP contribution is -2.74. The summed E-state index contributed by atoms with van der Waals surface area (Å²) < 4.78 is 55.5. The number of hydrogen-bond donors (Lipinski definition) is 0. The first-order valence-electron chi connectivity index (χ1n) is 45.9. The molecule has 9 heterocycles.